The van der Waals surface area contributed by atoms with E-state index in [0.29, 0.717) is 0 Å². The number of hydrogen-bond donors (Lipinski definition) is 0. The zero-order valence-corrected chi connectivity index (χ0v) is 26.9. The molecule has 0 rings (SSSR count). The lowest BCUT2D eigenvalue weighted by Gasteiger charge is -2.39. The fourth-order valence-electron chi connectivity index (χ4n) is 3.67. The Morgan fingerprint density at radius 3 is 0.654 bits per heavy atom. The van der Waals surface area contributed by atoms with Crippen molar-refractivity contribution in [1.82, 2.24) is 0 Å². The third-order valence-electron chi connectivity index (χ3n) is 2.63. The van der Waals surface area contributed by atoms with Crippen LogP contribution < -0.4 is 0 Å². The molecule has 0 aromatic rings. The highest BCUT2D eigenvalue weighted by molar-refractivity contribution is 6.96. The quantitative estimate of drug-likeness (QED) is 0.348. The van der Waals surface area contributed by atoms with Crippen LogP contribution in [0.25, 0.3) is 0 Å². The zero-order valence-electron chi connectivity index (χ0n) is 20.9. The summed E-state index contributed by atoms with van der Waals surface area (Å²) in [7, 11) is -8.39. The average molecular weight is 471 g/mol. The van der Waals surface area contributed by atoms with Crippen molar-refractivity contribution in [3.63, 3.8) is 0 Å². The van der Waals surface area contributed by atoms with E-state index in [4.69, 9.17) is 12.3 Å². The van der Waals surface area contributed by atoms with E-state index in [2.05, 4.69) is 105 Å². The van der Waals surface area contributed by atoms with Crippen LogP contribution in [-0.2, 0) is 12.3 Å². The third kappa shape index (κ3) is 23.2. The predicted octanol–water partition coefficient (Wildman–Crippen LogP) is 7.31. The van der Waals surface area contributed by atoms with E-state index in [0.717, 1.165) is 0 Å². The van der Waals surface area contributed by atoms with Crippen molar-refractivity contribution < 1.29 is 12.3 Å². The van der Waals surface area contributed by atoms with E-state index in [1.54, 1.807) is 0 Å². The van der Waals surface area contributed by atoms with Gasteiger partial charge >= 0.3 is 0 Å². The van der Waals surface area contributed by atoms with Gasteiger partial charge in [-0.3, -0.25) is 0 Å². The molecule has 0 fully saturated rings. The first kappa shape index (κ1) is 29.4. The van der Waals surface area contributed by atoms with E-state index in [1.807, 2.05) is 0 Å². The van der Waals surface area contributed by atoms with Crippen LogP contribution in [0.1, 0.15) is 0 Å². The number of hydrogen-bond acceptors (Lipinski definition) is 3. The molecule has 0 spiro atoms. The monoisotopic (exact) mass is 470 g/mol. The van der Waals surface area contributed by atoms with Crippen molar-refractivity contribution in [1.29, 1.82) is 0 Å². The van der Waals surface area contributed by atoms with Gasteiger partial charge in [-0.15, -0.1) is 0 Å². The minimum atomic E-state index is -1.55. The van der Waals surface area contributed by atoms with Gasteiger partial charge in [0.05, 0.1) is 0 Å². The van der Waals surface area contributed by atoms with Gasteiger partial charge in [-0.2, -0.15) is 0 Å². The van der Waals surface area contributed by atoms with E-state index >= 15 is 0 Å². The molecule has 0 saturated heterocycles. The summed E-state index contributed by atoms with van der Waals surface area (Å²) in [5, 5.41) is 0. The highest BCUT2D eigenvalue weighted by Crippen LogP contribution is 2.27. The minimum absolute atomic E-state index is 1.22. The first-order chi connectivity index (χ1) is 10.8. The lowest BCUT2D eigenvalue weighted by Crippen LogP contribution is -2.52. The van der Waals surface area contributed by atoms with Crippen molar-refractivity contribution >= 4 is 49.9 Å². The Kier molecular flexibility index (Phi) is 11.1. The van der Waals surface area contributed by atoms with E-state index in [9.17, 15) is 0 Å². The second-order valence-corrected chi connectivity index (χ2v) is 40.3. The van der Waals surface area contributed by atoms with E-state index in [1.165, 1.54) is 5.67 Å². The molecule has 160 valence electrons. The largest absolute Gasteiger partial charge is 0.456 e. The average Bonchev–Trinajstić information content (AvgIpc) is 1.97. The van der Waals surface area contributed by atoms with Gasteiger partial charge in [0.25, 0.3) is 0 Å². The fourth-order valence-corrected chi connectivity index (χ4v) is 34.4. The van der Waals surface area contributed by atoms with Gasteiger partial charge in [-0.1, -0.05) is 0 Å². The summed E-state index contributed by atoms with van der Waals surface area (Å²) in [4.78, 5) is 0. The molecule has 3 nitrogen and oxygen atoms in total. The Labute approximate surface area is 172 Å². The smallest absolute Gasteiger partial charge is 0.173 e. The standard InChI is InChI=1S/C11H32O2Si4.C6H18OSi2/c1-14(2,3)12-16(7,8)11-17(9,10)13-15(4,5)6;1-8(2,3)7-9(4,5)6/h11H2,1-10H3;1-6H3. The van der Waals surface area contributed by atoms with Gasteiger partial charge in [-0.25, -0.2) is 0 Å². The van der Waals surface area contributed by atoms with E-state index in [-0.39, 0.29) is 0 Å². The van der Waals surface area contributed by atoms with Crippen LogP contribution >= 0.6 is 0 Å². The van der Waals surface area contributed by atoms with Gasteiger partial charge in [0.2, 0.25) is 0 Å². The molecule has 0 heterocycles. The Morgan fingerprint density at radius 1 is 0.346 bits per heavy atom. The fraction of sp³-hybridized carbons (Fsp3) is 1.00. The topological polar surface area (TPSA) is 27.7 Å². The molecule has 0 saturated carbocycles. The van der Waals surface area contributed by atoms with Crippen LogP contribution in [0.15, 0.2) is 0 Å². The van der Waals surface area contributed by atoms with Crippen molar-refractivity contribution in [3.8, 4) is 0 Å². The summed E-state index contributed by atoms with van der Waals surface area (Å²) in [6, 6.07) is 0. The molecule has 0 atom stereocenters. The normalized spacial score (nSPS) is 14.8. The van der Waals surface area contributed by atoms with Crippen molar-refractivity contribution in [3.05, 3.63) is 0 Å². The summed E-state index contributed by atoms with van der Waals surface area (Å²) < 4.78 is 18.7. The molecule has 0 unspecified atom stereocenters. The lowest BCUT2D eigenvalue weighted by molar-refractivity contribution is 0.531. The molecular formula is C17H50O3Si6. The molecule has 0 aliphatic rings. The molecule has 9 heteroatoms. The Balaban J connectivity index is 0. The first-order valence-electron chi connectivity index (χ1n) is 9.93. The molecule has 0 aromatic carbocycles. The Hall–Kier alpha value is 1.18. The second-order valence-electron chi connectivity index (χ2n) is 12.5. The van der Waals surface area contributed by atoms with E-state index < -0.39 is 49.9 Å². The molecule has 0 bridgehead atoms. The Morgan fingerprint density at radius 2 is 0.538 bits per heavy atom. The molecule has 0 radical (unpaired) electrons. The maximum absolute atomic E-state index is 6.42. The molecule has 0 aliphatic carbocycles. The minimum Gasteiger partial charge on any atom is -0.456 e. The zero-order chi connectivity index (χ0) is 21.8. The third-order valence-corrected chi connectivity index (χ3v) is 23.7. The maximum atomic E-state index is 6.42. The molecule has 0 aromatic heterocycles. The van der Waals surface area contributed by atoms with Crippen LogP contribution in [0.5, 0.6) is 0 Å². The molecular weight excluding hydrogens is 421 g/mol. The maximum Gasteiger partial charge on any atom is 0.173 e. The highest BCUT2D eigenvalue weighted by Gasteiger charge is 2.39. The summed E-state index contributed by atoms with van der Waals surface area (Å²) in [5.41, 5.74) is 1.22. The molecule has 0 N–H and O–H groups in total. The molecule has 0 amide bonds. The summed E-state index contributed by atoms with van der Waals surface area (Å²) in [6.07, 6.45) is 0. The van der Waals surface area contributed by atoms with Gasteiger partial charge in [0, 0.05) is 0 Å². The SMILES string of the molecule is C[Si](C)(C)O[Si](C)(C)C.C[Si](C)(C)O[Si](C)(C)C[Si](C)(C)O[Si](C)(C)C. The predicted molar refractivity (Wildman–Crippen MR) is 136 cm³/mol. The van der Waals surface area contributed by atoms with Gasteiger partial charge in [0.1, 0.15) is 0 Å². The number of rotatable bonds is 8. The van der Waals surface area contributed by atoms with Gasteiger partial charge < -0.3 is 12.3 Å². The highest BCUT2D eigenvalue weighted by atomic mass is 28.5. The van der Waals surface area contributed by atoms with Crippen molar-refractivity contribution in [2.45, 2.75) is 110 Å². The second kappa shape index (κ2) is 9.79. The lowest BCUT2D eigenvalue weighted by atomic mass is 11.8. The van der Waals surface area contributed by atoms with Crippen LogP contribution in [0.4, 0.5) is 0 Å². The molecule has 26 heavy (non-hydrogen) atoms. The van der Waals surface area contributed by atoms with Crippen molar-refractivity contribution in [2.24, 2.45) is 0 Å². The van der Waals surface area contributed by atoms with Crippen molar-refractivity contribution in [2.75, 3.05) is 0 Å². The Bertz CT molecular complexity index is 374. The first-order valence-corrected chi connectivity index (χ1v) is 29.8. The van der Waals surface area contributed by atoms with Gasteiger partial charge in [0.15, 0.2) is 49.9 Å². The molecule has 0 aliphatic heterocycles. The van der Waals surface area contributed by atoms with Crippen LogP contribution in [0.2, 0.25) is 110 Å². The van der Waals surface area contributed by atoms with Crippen LogP contribution in [-0.4, -0.2) is 49.9 Å². The van der Waals surface area contributed by atoms with Gasteiger partial charge in [-0.05, 0) is 110 Å². The summed E-state index contributed by atoms with van der Waals surface area (Å²) >= 11 is 0. The summed E-state index contributed by atoms with van der Waals surface area (Å²) in [5.74, 6) is 0. The summed E-state index contributed by atoms with van der Waals surface area (Å²) in [6.45, 7) is 36.6. The van der Waals surface area contributed by atoms with Crippen LogP contribution in [0, 0.1) is 0 Å². The van der Waals surface area contributed by atoms with Crippen LogP contribution in [0.3, 0.4) is 0 Å².